The topological polar surface area (TPSA) is 80.0 Å². The van der Waals surface area contributed by atoms with Crippen molar-refractivity contribution in [2.24, 2.45) is 5.73 Å². The fourth-order valence-corrected chi connectivity index (χ4v) is 4.26. The maximum absolute atomic E-state index is 10.4. The average Bonchev–Trinajstić information content (AvgIpc) is 2.83. The molecule has 0 radical (unpaired) electrons. The highest BCUT2D eigenvalue weighted by Crippen LogP contribution is 2.14. The Labute approximate surface area is 218 Å². The molecule has 0 fully saturated rings. The van der Waals surface area contributed by atoms with Crippen LogP contribution < -0.4 is 5.73 Å². The van der Waals surface area contributed by atoms with Crippen molar-refractivity contribution >= 4 is 22.0 Å². The molecule has 0 saturated carbocycles. The molecule has 0 aromatic heterocycles. The van der Waals surface area contributed by atoms with E-state index in [1.54, 1.807) is 7.11 Å². The van der Waals surface area contributed by atoms with Crippen LogP contribution in [0.3, 0.4) is 0 Å². The molecule has 0 aliphatic heterocycles. The summed E-state index contributed by atoms with van der Waals surface area (Å²) in [5, 5.41) is 1.04. The first kappa shape index (κ1) is 33.6. The third kappa shape index (κ3) is 27.9. The number of hydrogen-bond donors (Lipinski definition) is 1. The Hall–Kier alpha value is -0.370. The number of carbonyl (C=O) groups excluding carboxylic acids is 1. The van der Waals surface area contributed by atoms with Gasteiger partial charge in [0.25, 0.3) is 0 Å². The number of hydrogen-bond acceptors (Lipinski definition) is 5. The van der Waals surface area contributed by atoms with Gasteiger partial charge in [-0.3, -0.25) is 0 Å². The van der Waals surface area contributed by atoms with Gasteiger partial charge in [-0.05, 0) is 25.7 Å². The molecule has 0 aliphatic carbocycles. The first-order valence-electron chi connectivity index (χ1n) is 13.9. The van der Waals surface area contributed by atoms with Crippen LogP contribution in [0, 0.1) is 0 Å². The third-order valence-electron chi connectivity index (χ3n) is 6.04. The predicted octanol–water partition coefficient (Wildman–Crippen LogP) is 7.55. The van der Waals surface area contributed by atoms with E-state index in [-0.39, 0.29) is 6.10 Å². The molecule has 0 aliphatic rings. The van der Waals surface area contributed by atoms with Gasteiger partial charge in [-0.2, -0.15) is 0 Å². The third-order valence-corrected chi connectivity index (χ3v) is 6.60. The second kappa shape index (κ2) is 28.9. The van der Waals surface area contributed by atoms with Gasteiger partial charge in [0.05, 0.1) is 19.8 Å². The van der Waals surface area contributed by atoms with Crippen LogP contribution in [0.2, 0.25) is 0 Å². The van der Waals surface area contributed by atoms with Crippen LogP contribution in [0.15, 0.2) is 0 Å². The standard InChI is InChI=1S/C27H54BrNO5/c1-31-26(25-33-22-19-16-20-28)24-32-21-17-14-12-10-8-6-4-2-3-5-7-9-11-13-15-18-23-34-27(29)30/h26H,2-25H2,1H3,(H2,29,30). The number of unbranched alkanes of at least 4 members (excludes halogenated alkanes) is 16. The lowest BCUT2D eigenvalue weighted by Crippen LogP contribution is -2.24. The van der Waals surface area contributed by atoms with Crippen LogP contribution >= 0.6 is 15.9 Å². The summed E-state index contributed by atoms with van der Waals surface area (Å²) < 4.78 is 21.6. The Bertz CT molecular complexity index is 414. The van der Waals surface area contributed by atoms with E-state index in [1.807, 2.05) is 0 Å². The molecular formula is C27H54BrNO5. The lowest BCUT2D eigenvalue weighted by atomic mass is 10.0. The monoisotopic (exact) mass is 551 g/mol. The highest BCUT2D eigenvalue weighted by atomic mass is 79.9. The van der Waals surface area contributed by atoms with E-state index < -0.39 is 6.09 Å². The smallest absolute Gasteiger partial charge is 0.404 e. The number of amides is 1. The number of alkyl halides is 1. The molecule has 2 N–H and O–H groups in total. The molecule has 0 bridgehead atoms. The zero-order valence-corrected chi connectivity index (χ0v) is 23.6. The number of rotatable bonds is 28. The Morgan fingerprint density at radius 1 is 0.618 bits per heavy atom. The van der Waals surface area contributed by atoms with E-state index in [9.17, 15) is 4.79 Å². The van der Waals surface area contributed by atoms with E-state index in [0.717, 1.165) is 50.6 Å². The minimum atomic E-state index is -0.661. The van der Waals surface area contributed by atoms with E-state index in [0.29, 0.717) is 19.8 Å². The van der Waals surface area contributed by atoms with Crippen LogP contribution in [0.1, 0.15) is 116 Å². The van der Waals surface area contributed by atoms with Crippen LogP contribution in [-0.2, 0) is 18.9 Å². The second-order valence-corrected chi connectivity index (χ2v) is 10.0. The molecule has 0 spiro atoms. The second-order valence-electron chi connectivity index (χ2n) is 9.23. The SMILES string of the molecule is COC(COCCCCBr)COCCCCCCCCCCCCCCCCCCOC(N)=O. The minimum Gasteiger partial charge on any atom is -0.450 e. The number of halogens is 1. The highest BCUT2D eigenvalue weighted by molar-refractivity contribution is 9.09. The van der Waals surface area contributed by atoms with Gasteiger partial charge in [-0.25, -0.2) is 4.79 Å². The summed E-state index contributed by atoms with van der Waals surface area (Å²) in [7, 11) is 1.73. The first-order chi connectivity index (χ1) is 16.7. The molecule has 0 saturated heterocycles. The first-order valence-corrected chi connectivity index (χ1v) is 15.0. The molecular weight excluding hydrogens is 498 g/mol. The zero-order chi connectivity index (χ0) is 25.0. The Morgan fingerprint density at radius 3 is 1.32 bits per heavy atom. The molecule has 0 aromatic rings. The average molecular weight is 553 g/mol. The van der Waals surface area contributed by atoms with E-state index >= 15 is 0 Å². The maximum atomic E-state index is 10.4. The van der Waals surface area contributed by atoms with Crippen LogP contribution in [0.4, 0.5) is 4.79 Å². The maximum Gasteiger partial charge on any atom is 0.404 e. The largest absolute Gasteiger partial charge is 0.450 e. The lowest BCUT2D eigenvalue weighted by molar-refractivity contribution is -0.0416. The summed E-state index contributed by atoms with van der Waals surface area (Å²) in [6, 6.07) is 0. The molecule has 0 rings (SSSR count). The Balaban J connectivity index is 3.17. The number of nitrogens with two attached hydrogens (primary N) is 1. The summed E-state index contributed by atoms with van der Waals surface area (Å²) in [4.78, 5) is 10.4. The van der Waals surface area contributed by atoms with E-state index in [1.165, 1.54) is 83.5 Å². The molecule has 1 atom stereocenters. The predicted molar refractivity (Wildman–Crippen MR) is 145 cm³/mol. The van der Waals surface area contributed by atoms with Gasteiger partial charge in [0.1, 0.15) is 6.10 Å². The van der Waals surface area contributed by atoms with Gasteiger partial charge in [0.2, 0.25) is 0 Å². The van der Waals surface area contributed by atoms with Crippen molar-refractivity contribution in [1.82, 2.24) is 0 Å². The molecule has 7 heteroatoms. The summed E-state index contributed by atoms with van der Waals surface area (Å²) in [6.07, 6.45) is 22.3. The van der Waals surface area contributed by atoms with Gasteiger partial charge in [-0.1, -0.05) is 106 Å². The van der Waals surface area contributed by atoms with Gasteiger partial charge < -0.3 is 24.7 Å². The van der Waals surface area contributed by atoms with Crippen molar-refractivity contribution in [3.63, 3.8) is 0 Å². The number of carbonyl (C=O) groups is 1. The van der Waals surface area contributed by atoms with Gasteiger partial charge in [0, 0.05) is 25.7 Å². The highest BCUT2D eigenvalue weighted by Gasteiger charge is 2.07. The van der Waals surface area contributed by atoms with Crippen LogP contribution in [-0.4, -0.2) is 57.7 Å². The Morgan fingerprint density at radius 2 is 0.971 bits per heavy atom. The molecule has 0 aromatic carbocycles. The fraction of sp³-hybridized carbons (Fsp3) is 0.963. The van der Waals surface area contributed by atoms with Crippen molar-refractivity contribution in [2.45, 2.75) is 122 Å². The molecule has 204 valence electrons. The molecule has 34 heavy (non-hydrogen) atoms. The normalized spacial score (nSPS) is 12.2. The fourth-order valence-electron chi connectivity index (χ4n) is 3.87. The van der Waals surface area contributed by atoms with Crippen molar-refractivity contribution < 1.29 is 23.7 Å². The molecule has 6 nitrogen and oxygen atoms in total. The number of methoxy groups -OCH3 is 1. The summed E-state index contributed by atoms with van der Waals surface area (Å²) in [5.74, 6) is 0. The van der Waals surface area contributed by atoms with Crippen molar-refractivity contribution in [3.8, 4) is 0 Å². The van der Waals surface area contributed by atoms with Gasteiger partial charge in [0.15, 0.2) is 0 Å². The molecule has 1 amide bonds. The van der Waals surface area contributed by atoms with Gasteiger partial charge >= 0.3 is 6.09 Å². The summed E-state index contributed by atoms with van der Waals surface area (Å²) >= 11 is 3.43. The van der Waals surface area contributed by atoms with E-state index in [4.69, 9.17) is 24.7 Å². The quantitative estimate of drug-likeness (QED) is 0.0801. The lowest BCUT2D eigenvalue weighted by Gasteiger charge is -2.15. The minimum absolute atomic E-state index is 0.0464. The van der Waals surface area contributed by atoms with Crippen molar-refractivity contribution in [2.75, 3.05) is 45.5 Å². The molecule has 1 unspecified atom stereocenters. The van der Waals surface area contributed by atoms with Gasteiger partial charge in [-0.15, -0.1) is 0 Å². The van der Waals surface area contributed by atoms with Crippen molar-refractivity contribution in [1.29, 1.82) is 0 Å². The number of ether oxygens (including phenoxy) is 4. The van der Waals surface area contributed by atoms with Crippen LogP contribution in [0.5, 0.6) is 0 Å². The van der Waals surface area contributed by atoms with Crippen molar-refractivity contribution in [3.05, 3.63) is 0 Å². The summed E-state index contributed by atoms with van der Waals surface area (Å²) in [5.41, 5.74) is 4.93. The Kier molecular flexibility index (Phi) is 28.6. The zero-order valence-electron chi connectivity index (χ0n) is 22.0. The van der Waals surface area contributed by atoms with E-state index in [2.05, 4.69) is 15.9 Å². The molecule has 0 heterocycles. The summed E-state index contributed by atoms with van der Waals surface area (Å²) in [6.45, 7) is 3.34. The number of primary amides is 1. The van der Waals surface area contributed by atoms with Crippen LogP contribution in [0.25, 0.3) is 0 Å².